The highest BCUT2D eigenvalue weighted by Crippen LogP contribution is 2.48. The number of amides is 1. The van der Waals surface area contributed by atoms with Crippen LogP contribution in [0.15, 0.2) is 64.4 Å². The van der Waals surface area contributed by atoms with E-state index in [0.717, 1.165) is 63.9 Å². The van der Waals surface area contributed by atoms with Crippen molar-refractivity contribution in [2.45, 2.75) is 42.1 Å². The smallest absolute Gasteiger partial charge is 0.406 e. The Morgan fingerprint density at radius 1 is 1.13 bits per heavy atom. The molecule has 0 bridgehead atoms. The molecular formula is C29H29F3N6O6S2. The lowest BCUT2D eigenvalue weighted by molar-refractivity contribution is -0.274. The van der Waals surface area contributed by atoms with Crippen molar-refractivity contribution in [3.63, 3.8) is 0 Å². The Hall–Kier alpha value is -4.06. The van der Waals surface area contributed by atoms with Crippen LogP contribution in [0.3, 0.4) is 0 Å². The molecule has 6 rings (SSSR count). The Kier molecular flexibility index (Phi) is 8.51. The van der Waals surface area contributed by atoms with Crippen LogP contribution >= 0.6 is 11.3 Å². The van der Waals surface area contributed by atoms with E-state index in [-0.39, 0.29) is 36.5 Å². The summed E-state index contributed by atoms with van der Waals surface area (Å²) in [4.78, 5) is 31.8. The molecule has 3 heterocycles. The number of carbonyl (C=O) groups excluding carboxylic acids is 1. The zero-order valence-corrected chi connectivity index (χ0v) is 26.0. The summed E-state index contributed by atoms with van der Waals surface area (Å²) in [7, 11) is -2.67. The molecule has 1 saturated carbocycles. The molecule has 0 radical (unpaired) electrons. The topological polar surface area (TPSA) is 147 Å². The highest BCUT2D eigenvalue weighted by atomic mass is 32.2. The van der Waals surface area contributed by atoms with E-state index >= 15 is 0 Å². The number of methoxy groups -OCH3 is 1. The maximum atomic E-state index is 13.8. The fraction of sp³-hybridized carbons (Fsp3) is 0.379. The number of aromatic nitrogens is 3. The van der Waals surface area contributed by atoms with Crippen LogP contribution in [-0.4, -0.2) is 79.6 Å². The molecule has 2 N–H and O–H groups in total. The van der Waals surface area contributed by atoms with Gasteiger partial charge in [0.25, 0.3) is 5.56 Å². The molecule has 17 heteroatoms. The fourth-order valence-corrected chi connectivity index (χ4v) is 8.06. The predicted molar refractivity (Wildman–Crippen MR) is 162 cm³/mol. The first kappa shape index (κ1) is 31.9. The van der Waals surface area contributed by atoms with E-state index in [1.54, 1.807) is 12.0 Å². The number of halogens is 3. The van der Waals surface area contributed by atoms with Crippen LogP contribution in [0.2, 0.25) is 0 Å². The van der Waals surface area contributed by atoms with Gasteiger partial charge in [0.15, 0.2) is 5.13 Å². The Balaban J connectivity index is 1.24. The van der Waals surface area contributed by atoms with Gasteiger partial charge in [0.05, 0.1) is 17.7 Å². The second-order valence-electron chi connectivity index (χ2n) is 11.1. The Morgan fingerprint density at radius 3 is 2.48 bits per heavy atom. The van der Waals surface area contributed by atoms with Crippen molar-refractivity contribution in [3.8, 4) is 5.75 Å². The number of carbonyl (C=O) groups is 1. The lowest BCUT2D eigenvalue weighted by Crippen LogP contribution is -2.60. The summed E-state index contributed by atoms with van der Waals surface area (Å²) in [6, 6.07) is 10.4. The Bertz CT molecular complexity index is 1890. The molecule has 1 aliphatic heterocycles. The first-order valence-electron chi connectivity index (χ1n) is 14.2. The molecule has 2 aromatic carbocycles. The van der Waals surface area contributed by atoms with E-state index in [4.69, 9.17) is 4.74 Å². The van der Waals surface area contributed by atoms with Crippen molar-refractivity contribution in [2.75, 3.05) is 38.3 Å². The molecule has 46 heavy (non-hydrogen) atoms. The van der Waals surface area contributed by atoms with Crippen molar-refractivity contribution in [3.05, 3.63) is 76.2 Å². The van der Waals surface area contributed by atoms with Gasteiger partial charge in [-0.15, -0.1) is 13.2 Å². The minimum Gasteiger partial charge on any atom is -0.406 e. The molecule has 2 aliphatic rings. The molecule has 4 aromatic rings. The van der Waals surface area contributed by atoms with Crippen LogP contribution in [0.25, 0.3) is 10.2 Å². The second kappa shape index (κ2) is 12.3. The molecule has 1 amide bonds. The van der Waals surface area contributed by atoms with E-state index in [1.807, 2.05) is 24.3 Å². The number of piperazine rings is 1. The van der Waals surface area contributed by atoms with Gasteiger partial charge in [-0.1, -0.05) is 35.6 Å². The molecule has 2 fully saturated rings. The molecule has 12 nitrogen and oxygen atoms in total. The third-order valence-electron chi connectivity index (χ3n) is 8.08. The first-order chi connectivity index (χ1) is 21.9. The number of alkyl halides is 3. The van der Waals surface area contributed by atoms with Gasteiger partial charge in [0.1, 0.15) is 22.0 Å². The minimum absolute atomic E-state index is 0.0234. The molecular weight excluding hydrogens is 649 g/mol. The van der Waals surface area contributed by atoms with Crippen molar-refractivity contribution in [1.29, 1.82) is 0 Å². The van der Waals surface area contributed by atoms with Crippen molar-refractivity contribution >= 4 is 42.6 Å². The molecule has 1 atom stereocenters. The number of aromatic amines is 1. The Morgan fingerprint density at radius 2 is 1.85 bits per heavy atom. The van der Waals surface area contributed by atoms with Crippen molar-refractivity contribution in [1.82, 2.24) is 24.8 Å². The number of ether oxygens (including phenoxy) is 2. The summed E-state index contributed by atoms with van der Waals surface area (Å²) < 4.78 is 76.1. The maximum absolute atomic E-state index is 13.8. The summed E-state index contributed by atoms with van der Waals surface area (Å²) in [6.45, 7) is 0.662. The number of rotatable bonds is 10. The highest BCUT2D eigenvalue weighted by Gasteiger charge is 2.44. The summed E-state index contributed by atoms with van der Waals surface area (Å²) >= 11 is 1.09. The largest absolute Gasteiger partial charge is 0.573 e. The zero-order chi connectivity index (χ0) is 32.7. The van der Waals surface area contributed by atoms with E-state index in [9.17, 15) is 31.2 Å². The zero-order valence-electron chi connectivity index (χ0n) is 24.4. The van der Waals surface area contributed by atoms with Crippen LogP contribution < -0.4 is 20.5 Å². The number of fused-ring (bicyclic) bond motifs is 1. The van der Waals surface area contributed by atoms with Gasteiger partial charge in [-0.25, -0.2) is 18.5 Å². The molecule has 0 unspecified atom stereocenters. The van der Waals surface area contributed by atoms with Crippen molar-refractivity contribution < 1.29 is 35.9 Å². The van der Waals surface area contributed by atoms with Crippen LogP contribution in [0.1, 0.15) is 24.0 Å². The summed E-state index contributed by atoms with van der Waals surface area (Å²) in [5, 5.41) is 9.37. The maximum Gasteiger partial charge on any atom is 0.573 e. The van der Waals surface area contributed by atoms with Gasteiger partial charge in [0.2, 0.25) is 15.9 Å². The number of anilines is 1. The average molecular weight is 679 g/mol. The quantitative estimate of drug-likeness (QED) is 0.258. The number of sulfonamides is 1. The van der Waals surface area contributed by atoms with E-state index in [2.05, 4.69) is 25.2 Å². The monoisotopic (exact) mass is 678 g/mol. The molecule has 0 spiro atoms. The summed E-state index contributed by atoms with van der Waals surface area (Å²) in [5.41, 5.74) is 1.93. The number of thiazole rings is 1. The van der Waals surface area contributed by atoms with Crippen LogP contribution in [-0.2, 0) is 31.5 Å². The summed E-state index contributed by atoms with van der Waals surface area (Å²) in [6.07, 6.45) is -1.46. The first-order valence-corrected chi connectivity index (χ1v) is 16.5. The number of hydrogen-bond donors (Lipinski definition) is 2. The average Bonchev–Trinajstić information content (AvgIpc) is 3.67. The van der Waals surface area contributed by atoms with Gasteiger partial charge >= 0.3 is 6.36 Å². The van der Waals surface area contributed by atoms with Crippen LogP contribution in [0.4, 0.5) is 18.3 Å². The number of H-pyrrole nitrogens is 1. The lowest BCUT2D eigenvalue weighted by Gasteiger charge is -2.39. The number of hydrogen-bond acceptors (Lipinski definition) is 10. The SMILES string of the molecule is COCC1(c2ccc(CNC(=O)[C@H]3CN(c4nc5cn[nH]c(=O)c5s4)CCN3S(=O)(=O)c3ccc(OC(F)(F)F)cc3)cc2)CC1. The van der Waals surface area contributed by atoms with E-state index in [0.29, 0.717) is 22.0 Å². The fourth-order valence-electron chi connectivity index (χ4n) is 5.53. The lowest BCUT2D eigenvalue weighted by atomic mass is 9.96. The van der Waals surface area contributed by atoms with E-state index < -0.39 is 39.6 Å². The predicted octanol–water partition coefficient (Wildman–Crippen LogP) is 3.15. The molecule has 244 valence electrons. The molecule has 2 aromatic heterocycles. The van der Waals surface area contributed by atoms with Crippen LogP contribution in [0, 0.1) is 0 Å². The Labute approximate surface area is 265 Å². The number of benzene rings is 2. The molecule has 1 saturated heterocycles. The number of nitrogens with zero attached hydrogens (tertiary/aromatic N) is 4. The van der Waals surface area contributed by atoms with Gasteiger partial charge in [0, 0.05) is 38.7 Å². The van der Waals surface area contributed by atoms with Gasteiger partial charge in [-0.2, -0.15) is 9.40 Å². The van der Waals surface area contributed by atoms with Gasteiger partial charge in [-0.05, 0) is 48.2 Å². The standard InChI is InChI=1S/C29H29F3N6O6S2/c1-43-17-28(10-11-28)19-4-2-18(3-5-19)14-33-25(39)23-16-37(27-35-22-15-34-36-26(40)24(22)45-27)12-13-38(23)46(41,42)21-8-6-20(7-9-21)44-29(30,31)32/h2-9,15,23H,10-14,16-17H2,1H3,(H,33,39)(H,36,40)/t23-/m1/s1. The molecule has 1 aliphatic carbocycles. The number of nitrogens with one attached hydrogen (secondary N) is 2. The van der Waals surface area contributed by atoms with Gasteiger partial charge < -0.3 is 19.7 Å². The minimum atomic E-state index is -4.94. The second-order valence-corrected chi connectivity index (χ2v) is 14.0. The van der Waals surface area contributed by atoms with Crippen molar-refractivity contribution in [2.24, 2.45) is 0 Å². The third-order valence-corrected chi connectivity index (χ3v) is 11.1. The highest BCUT2D eigenvalue weighted by molar-refractivity contribution is 7.89. The van der Waals surface area contributed by atoms with Gasteiger partial charge in [-0.3, -0.25) is 9.59 Å². The van der Waals surface area contributed by atoms with Crippen LogP contribution in [0.5, 0.6) is 5.75 Å². The normalized spacial score (nSPS) is 18.4. The third kappa shape index (κ3) is 6.58. The summed E-state index contributed by atoms with van der Waals surface area (Å²) in [5.74, 6) is -1.15. The van der Waals surface area contributed by atoms with E-state index in [1.165, 1.54) is 6.20 Å².